The third kappa shape index (κ3) is 4.34. The summed E-state index contributed by atoms with van der Waals surface area (Å²) in [5.41, 5.74) is 1.18. The molecule has 23 heavy (non-hydrogen) atoms. The molecule has 2 fully saturated rings. The van der Waals surface area contributed by atoms with E-state index < -0.39 is 0 Å². The van der Waals surface area contributed by atoms with Gasteiger partial charge in [0, 0.05) is 18.4 Å². The van der Waals surface area contributed by atoms with E-state index in [9.17, 15) is 9.59 Å². The van der Waals surface area contributed by atoms with Crippen LogP contribution in [0.25, 0.3) is 0 Å². The molecule has 0 unspecified atom stereocenters. The van der Waals surface area contributed by atoms with Crippen LogP contribution in [0.5, 0.6) is 0 Å². The minimum atomic E-state index is -0.0456. The number of benzene rings is 1. The molecule has 0 aromatic heterocycles. The second-order valence-corrected chi connectivity index (χ2v) is 7.28. The molecule has 2 aliphatic carbocycles. The summed E-state index contributed by atoms with van der Waals surface area (Å²) < 4.78 is 0. The van der Waals surface area contributed by atoms with Gasteiger partial charge in [0.1, 0.15) is 0 Å². The van der Waals surface area contributed by atoms with Gasteiger partial charge in [-0.25, -0.2) is 0 Å². The molecule has 4 heteroatoms. The van der Waals surface area contributed by atoms with E-state index in [0.29, 0.717) is 18.4 Å². The number of carbonyl (C=O) groups is 2. The van der Waals surface area contributed by atoms with Gasteiger partial charge >= 0.3 is 0 Å². The normalized spacial score (nSPS) is 29.5. The Morgan fingerprint density at radius 3 is 2.17 bits per heavy atom. The predicted octanol–water partition coefficient (Wildman–Crippen LogP) is 2.14. The van der Waals surface area contributed by atoms with E-state index in [-0.39, 0.29) is 29.7 Å². The Morgan fingerprint density at radius 1 is 1.04 bits per heavy atom. The molecule has 2 aliphatic rings. The summed E-state index contributed by atoms with van der Waals surface area (Å²) in [6, 6.07) is 10.1. The van der Waals surface area contributed by atoms with Gasteiger partial charge in [-0.15, -0.1) is 0 Å². The highest BCUT2D eigenvalue weighted by Crippen LogP contribution is 2.38. The van der Waals surface area contributed by atoms with Gasteiger partial charge in [0.2, 0.25) is 11.8 Å². The SMILES string of the molecule is C[C@@H]1C[C@@H]1C(=O)NC[C@H](Cc1ccccc1)NC(=O)[C@@H]1C[C@H]1C. The van der Waals surface area contributed by atoms with Crippen molar-refractivity contribution >= 4 is 11.8 Å². The molecule has 0 heterocycles. The average molecular weight is 314 g/mol. The van der Waals surface area contributed by atoms with Crippen LogP contribution in [0.15, 0.2) is 30.3 Å². The molecule has 3 rings (SSSR count). The summed E-state index contributed by atoms with van der Waals surface area (Å²) in [5, 5.41) is 6.15. The third-order valence-corrected chi connectivity index (χ3v) is 5.09. The minimum Gasteiger partial charge on any atom is -0.354 e. The summed E-state index contributed by atoms with van der Waals surface area (Å²) in [5.74, 6) is 1.59. The van der Waals surface area contributed by atoms with Crippen LogP contribution in [0.4, 0.5) is 0 Å². The van der Waals surface area contributed by atoms with E-state index in [1.807, 2.05) is 18.2 Å². The van der Waals surface area contributed by atoms with E-state index in [0.717, 1.165) is 19.3 Å². The first-order chi connectivity index (χ1) is 11.0. The zero-order chi connectivity index (χ0) is 16.4. The molecular weight excluding hydrogens is 288 g/mol. The zero-order valence-electron chi connectivity index (χ0n) is 13.9. The molecule has 124 valence electrons. The van der Waals surface area contributed by atoms with Crippen LogP contribution in [0.2, 0.25) is 0 Å². The van der Waals surface area contributed by atoms with Crippen LogP contribution in [-0.2, 0) is 16.0 Å². The van der Waals surface area contributed by atoms with Crippen molar-refractivity contribution in [3.8, 4) is 0 Å². The molecule has 2 saturated carbocycles. The molecule has 0 bridgehead atoms. The van der Waals surface area contributed by atoms with Crippen LogP contribution >= 0.6 is 0 Å². The Labute approximate surface area is 138 Å². The lowest BCUT2D eigenvalue weighted by molar-refractivity contribution is -0.125. The molecule has 2 N–H and O–H groups in total. The van der Waals surface area contributed by atoms with Crippen molar-refractivity contribution in [3.63, 3.8) is 0 Å². The summed E-state index contributed by atoms with van der Waals surface area (Å²) in [6.07, 6.45) is 2.71. The molecular formula is C19H26N2O2. The highest BCUT2D eigenvalue weighted by molar-refractivity contribution is 5.82. The van der Waals surface area contributed by atoms with Crippen molar-refractivity contribution in [2.45, 2.75) is 39.2 Å². The lowest BCUT2D eigenvalue weighted by Gasteiger charge is -2.20. The van der Waals surface area contributed by atoms with Gasteiger partial charge in [-0.1, -0.05) is 44.2 Å². The van der Waals surface area contributed by atoms with Crippen molar-refractivity contribution in [1.82, 2.24) is 10.6 Å². The lowest BCUT2D eigenvalue weighted by Crippen LogP contribution is -2.46. The maximum absolute atomic E-state index is 12.2. The molecule has 1 aromatic rings. The Morgan fingerprint density at radius 2 is 1.61 bits per heavy atom. The Hall–Kier alpha value is -1.84. The van der Waals surface area contributed by atoms with E-state index in [1.54, 1.807) is 0 Å². The maximum atomic E-state index is 12.2. The number of carbonyl (C=O) groups excluding carboxylic acids is 2. The molecule has 0 radical (unpaired) electrons. The predicted molar refractivity (Wildman–Crippen MR) is 89.6 cm³/mol. The van der Waals surface area contributed by atoms with Crippen LogP contribution in [0, 0.1) is 23.7 Å². The maximum Gasteiger partial charge on any atom is 0.223 e. The largest absolute Gasteiger partial charge is 0.354 e. The van der Waals surface area contributed by atoms with Crippen LogP contribution in [-0.4, -0.2) is 24.4 Å². The van der Waals surface area contributed by atoms with Gasteiger partial charge in [-0.3, -0.25) is 9.59 Å². The average Bonchev–Trinajstić information content (AvgIpc) is 3.44. The third-order valence-electron chi connectivity index (χ3n) is 5.09. The Kier molecular flexibility index (Phi) is 4.69. The molecule has 0 saturated heterocycles. The molecule has 4 nitrogen and oxygen atoms in total. The van der Waals surface area contributed by atoms with E-state index >= 15 is 0 Å². The highest BCUT2D eigenvalue weighted by atomic mass is 16.2. The summed E-state index contributed by atoms with van der Waals surface area (Å²) >= 11 is 0. The van der Waals surface area contributed by atoms with E-state index in [2.05, 4.69) is 36.6 Å². The summed E-state index contributed by atoms with van der Waals surface area (Å²) in [6.45, 7) is 4.71. The first-order valence-electron chi connectivity index (χ1n) is 8.66. The van der Waals surface area contributed by atoms with Gasteiger partial charge in [-0.2, -0.15) is 0 Å². The second-order valence-electron chi connectivity index (χ2n) is 7.28. The van der Waals surface area contributed by atoms with Crippen LogP contribution in [0.3, 0.4) is 0 Å². The molecule has 0 spiro atoms. The van der Waals surface area contributed by atoms with Crippen molar-refractivity contribution in [3.05, 3.63) is 35.9 Å². The zero-order valence-corrected chi connectivity index (χ0v) is 13.9. The topological polar surface area (TPSA) is 58.2 Å². The minimum absolute atomic E-state index is 0.0456. The van der Waals surface area contributed by atoms with Gasteiger partial charge in [0.25, 0.3) is 0 Å². The smallest absolute Gasteiger partial charge is 0.223 e. The second kappa shape index (κ2) is 6.73. The summed E-state index contributed by atoms with van der Waals surface area (Å²) in [7, 11) is 0. The molecule has 5 atom stereocenters. The van der Waals surface area contributed by atoms with Crippen LogP contribution in [0.1, 0.15) is 32.3 Å². The van der Waals surface area contributed by atoms with Crippen molar-refractivity contribution in [1.29, 1.82) is 0 Å². The van der Waals surface area contributed by atoms with Crippen molar-refractivity contribution in [2.24, 2.45) is 23.7 Å². The Balaban J connectivity index is 1.55. The van der Waals surface area contributed by atoms with E-state index in [1.165, 1.54) is 5.56 Å². The number of amides is 2. The summed E-state index contributed by atoms with van der Waals surface area (Å²) in [4.78, 5) is 24.3. The van der Waals surface area contributed by atoms with Gasteiger partial charge < -0.3 is 10.6 Å². The fourth-order valence-corrected chi connectivity index (χ4v) is 3.11. The number of rotatable bonds is 7. The fraction of sp³-hybridized carbons (Fsp3) is 0.579. The van der Waals surface area contributed by atoms with E-state index in [4.69, 9.17) is 0 Å². The first kappa shape index (κ1) is 16.0. The lowest BCUT2D eigenvalue weighted by atomic mass is 10.1. The molecule has 2 amide bonds. The monoisotopic (exact) mass is 314 g/mol. The first-order valence-corrected chi connectivity index (χ1v) is 8.66. The Bertz CT molecular complexity index is 572. The fourth-order valence-electron chi connectivity index (χ4n) is 3.11. The van der Waals surface area contributed by atoms with Gasteiger partial charge in [0.05, 0.1) is 6.04 Å². The van der Waals surface area contributed by atoms with Crippen LogP contribution < -0.4 is 10.6 Å². The number of hydrogen-bond donors (Lipinski definition) is 2. The molecule has 1 aromatic carbocycles. The van der Waals surface area contributed by atoms with Gasteiger partial charge in [0.15, 0.2) is 0 Å². The van der Waals surface area contributed by atoms with Gasteiger partial charge in [-0.05, 0) is 36.7 Å². The number of nitrogens with one attached hydrogen (secondary N) is 2. The molecule has 0 aliphatic heterocycles. The standard InChI is InChI=1S/C19H26N2O2/c1-12-8-16(12)18(22)20-11-15(10-14-6-4-3-5-7-14)21-19(23)17-9-13(17)2/h3-7,12-13,15-17H,8-11H2,1-2H3,(H,20,22)(H,21,23)/t12-,13-,15+,16+,17-/m1/s1. The van der Waals surface area contributed by atoms with Crippen molar-refractivity contribution in [2.75, 3.05) is 6.54 Å². The van der Waals surface area contributed by atoms with Crippen molar-refractivity contribution < 1.29 is 9.59 Å². The quantitative estimate of drug-likeness (QED) is 0.810. The highest BCUT2D eigenvalue weighted by Gasteiger charge is 2.40. The number of hydrogen-bond acceptors (Lipinski definition) is 2.